The molecule has 7 nitrogen and oxygen atoms in total. The number of aromatic nitrogens is 1. The molecule has 2 aliphatic heterocycles. The summed E-state index contributed by atoms with van der Waals surface area (Å²) in [4.78, 5) is 25.6. The molecule has 0 spiro atoms. The minimum Gasteiger partial charge on any atom is -0.543 e. The second-order valence-corrected chi connectivity index (χ2v) is 8.47. The summed E-state index contributed by atoms with van der Waals surface area (Å²) in [6.07, 6.45) is 1.48. The highest BCUT2D eigenvalue weighted by molar-refractivity contribution is 6.06. The fourth-order valence-corrected chi connectivity index (χ4v) is 5.01. The lowest BCUT2D eigenvalue weighted by Gasteiger charge is -2.45. The standard InChI is InChI=1S/C25H23N3O4/c1-14(29)22-20-12-19(23(25(31)32)28(20)24(22)30)16-8-9-18-15(11-16)5-4-6-17(18)13-27-10-3-2-7-21(27)26/h2-11,14,20,22,26,29H,12-13H2,1H3,(H,31,32)/t14-,20-,22-/m1/s1. The molecule has 32 heavy (non-hydrogen) atoms. The third-order valence-electron chi connectivity index (χ3n) is 6.56. The first-order chi connectivity index (χ1) is 15.4. The predicted octanol–water partition coefficient (Wildman–Crippen LogP) is 0.830. The zero-order chi connectivity index (χ0) is 22.6. The lowest BCUT2D eigenvalue weighted by molar-refractivity contribution is -0.673. The number of rotatable bonds is 5. The number of fused-ring (bicyclic) bond motifs is 2. The quantitative estimate of drug-likeness (QED) is 0.461. The van der Waals surface area contributed by atoms with Crippen LogP contribution in [0.5, 0.6) is 0 Å². The number of aliphatic hydroxyl groups excluding tert-OH is 1. The Labute approximate surface area is 185 Å². The number of benzene rings is 2. The van der Waals surface area contributed by atoms with Gasteiger partial charge in [-0.1, -0.05) is 36.4 Å². The second-order valence-electron chi connectivity index (χ2n) is 8.47. The summed E-state index contributed by atoms with van der Waals surface area (Å²) in [6, 6.07) is 17.1. The van der Waals surface area contributed by atoms with E-state index in [2.05, 4.69) is 0 Å². The van der Waals surface area contributed by atoms with Crippen LogP contribution in [-0.4, -0.2) is 34.0 Å². The number of pyridine rings is 1. The van der Waals surface area contributed by atoms with Crippen molar-refractivity contribution in [3.8, 4) is 0 Å². The molecule has 3 aromatic rings. The molecule has 0 bridgehead atoms. The fraction of sp³-hybridized carbons (Fsp3) is 0.240. The third-order valence-corrected chi connectivity index (χ3v) is 6.56. The Balaban J connectivity index is 1.54. The maximum absolute atomic E-state index is 12.5. The van der Waals surface area contributed by atoms with Crippen LogP contribution in [0.2, 0.25) is 0 Å². The molecule has 5 rings (SSSR count). The summed E-state index contributed by atoms with van der Waals surface area (Å²) in [5.74, 6) is -1.65. The minimum absolute atomic E-state index is 0.0833. The first-order valence-corrected chi connectivity index (χ1v) is 10.6. The molecule has 3 heterocycles. The first-order valence-electron chi connectivity index (χ1n) is 10.6. The zero-order valence-electron chi connectivity index (χ0n) is 17.6. The molecule has 3 atom stereocenters. The van der Waals surface area contributed by atoms with Crippen LogP contribution in [0.4, 0.5) is 5.82 Å². The van der Waals surface area contributed by atoms with E-state index in [4.69, 9.17) is 5.73 Å². The van der Waals surface area contributed by atoms with Gasteiger partial charge in [0, 0.05) is 11.6 Å². The number of carbonyl (C=O) groups is 2. The highest BCUT2D eigenvalue weighted by atomic mass is 16.4. The van der Waals surface area contributed by atoms with Gasteiger partial charge < -0.3 is 19.9 Å². The average Bonchev–Trinajstić information content (AvgIpc) is 3.10. The molecule has 2 aliphatic rings. The summed E-state index contributed by atoms with van der Waals surface area (Å²) in [5, 5.41) is 23.9. The Morgan fingerprint density at radius 3 is 2.78 bits per heavy atom. The maximum atomic E-state index is 12.5. The van der Waals surface area contributed by atoms with E-state index >= 15 is 0 Å². The molecule has 3 N–H and O–H groups in total. The van der Waals surface area contributed by atoms with Gasteiger partial charge in [0.1, 0.15) is 6.54 Å². The van der Waals surface area contributed by atoms with E-state index in [1.807, 2.05) is 65.4 Å². The monoisotopic (exact) mass is 429 g/mol. The van der Waals surface area contributed by atoms with Gasteiger partial charge in [0.05, 0.1) is 35.9 Å². The lowest BCUT2D eigenvalue weighted by Crippen LogP contribution is -2.62. The Bertz CT molecular complexity index is 1300. The van der Waals surface area contributed by atoms with Gasteiger partial charge in [-0.15, -0.1) is 0 Å². The molecule has 0 aliphatic carbocycles. The number of nitrogens with two attached hydrogens (primary N) is 1. The molecular formula is C25H23N3O4. The molecular weight excluding hydrogens is 406 g/mol. The number of aliphatic hydroxyl groups is 1. The number of carbonyl (C=O) groups excluding carboxylic acids is 2. The third kappa shape index (κ3) is 3.05. The molecule has 0 radical (unpaired) electrons. The van der Waals surface area contributed by atoms with E-state index in [0.717, 1.165) is 21.9 Å². The van der Waals surface area contributed by atoms with Crippen molar-refractivity contribution < 1.29 is 24.4 Å². The SMILES string of the molecule is C[C@@H](O)[C@H]1C(=O)N2C(C(=O)[O-])=C(c3ccc4c(C[n+]5ccccc5N)cccc4c3)C[C@H]12. The second kappa shape index (κ2) is 7.46. The molecule has 7 heteroatoms. The molecule has 0 unspecified atom stereocenters. The van der Waals surface area contributed by atoms with Crippen molar-refractivity contribution in [2.24, 2.45) is 5.92 Å². The van der Waals surface area contributed by atoms with E-state index in [1.54, 1.807) is 6.92 Å². The van der Waals surface area contributed by atoms with Crippen LogP contribution >= 0.6 is 0 Å². The summed E-state index contributed by atoms with van der Waals surface area (Å²) < 4.78 is 1.96. The fourth-order valence-electron chi connectivity index (χ4n) is 5.01. The van der Waals surface area contributed by atoms with Crippen molar-refractivity contribution in [3.63, 3.8) is 0 Å². The van der Waals surface area contributed by atoms with Crippen LogP contribution in [0.15, 0.2) is 66.5 Å². The Hall–Kier alpha value is -3.71. The van der Waals surface area contributed by atoms with Crippen molar-refractivity contribution in [2.45, 2.75) is 32.0 Å². The van der Waals surface area contributed by atoms with Crippen LogP contribution in [0.25, 0.3) is 16.3 Å². The van der Waals surface area contributed by atoms with Gasteiger partial charge >= 0.3 is 0 Å². The van der Waals surface area contributed by atoms with Crippen molar-refractivity contribution in [3.05, 3.63) is 77.6 Å². The number of β-lactam (4-membered cyclic amide) rings is 1. The van der Waals surface area contributed by atoms with E-state index in [1.165, 1.54) is 4.90 Å². The number of carboxylic acid groups (broad SMARTS) is 1. The van der Waals surface area contributed by atoms with Gasteiger partial charge in [0.2, 0.25) is 5.91 Å². The highest BCUT2D eigenvalue weighted by Gasteiger charge is 2.55. The van der Waals surface area contributed by atoms with E-state index in [-0.39, 0.29) is 17.6 Å². The van der Waals surface area contributed by atoms with Crippen molar-refractivity contribution in [1.29, 1.82) is 0 Å². The number of carboxylic acids is 1. The van der Waals surface area contributed by atoms with Crippen LogP contribution in [-0.2, 0) is 16.1 Å². The Morgan fingerprint density at radius 2 is 2.06 bits per heavy atom. The van der Waals surface area contributed by atoms with Gasteiger partial charge in [-0.3, -0.25) is 10.5 Å². The lowest BCUT2D eigenvalue weighted by atomic mass is 9.82. The first kappa shape index (κ1) is 20.2. The van der Waals surface area contributed by atoms with Crippen LogP contribution in [0.3, 0.4) is 0 Å². The van der Waals surface area contributed by atoms with E-state index in [9.17, 15) is 19.8 Å². The van der Waals surface area contributed by atoms with Gasteiger partial charge in [0.25, 0.3) is 5.82 Å². The number of nitrogen functional groups attached to an aromatic ring is 1. The predicted molar refractivity (Wildman–Crippen MR) is 116 cm³/mol. The highest BCUT2D eigenvalue weighted by Crippen LogP contribution is 2.47. The summed E-state index contributed by atoms with van der Waals surface area (Å²) in [7, 11) is 0. The number of hydrogen-bond donors (Lipinski definition) is 2. The normalized spacial score (nSPS) is 20.9. The number of hydrogen-bond acceptors (Lipinski definition) is 5. The summed E-state index contributed by atoms with van der Waals surface area (Å²) in [6.45, 7) is 2.17. The van der Waals surface area contributed by atoms with Gasteiger partial charge in [-0.2, -0.15) is 0 Å². The smallest absolute Gasteiger partial charge is 0.272 e. The molecule has 162 valence electrons. The number of anilines is 1. The van der Waals surface area contributed by atoms with Crippen LogP contribution < -0.4 is 15.4 Å². The maximum Gasteiger partial charge on any atom is 0.272 e. The van der Waals surface area contributed by atoms with Crippen LogP contribution in [0, 0.1) is 5.92 Å². The Kier molecular flexibility index (Phi) is 4.71. The molecule has 2 aromatic carbocycles. The molecule has 0 saturated carbocycles. The number of aliphatic carboxylic acids is 1. The van der Waals surface area contributed by atoms with E-state index in [0.29, 0.717) is 24.4 Å². The molecule has 1 saturated heterocycles. The molecule has 1 amide bonds. The molecule has 1 fully saturated rings. The van der Waals surface area contributed by atoms with Crippen LogP contribution in [0.1, 0.15) is 24.5 Å². The van der Waals surface area contributed by atoms with Crippen molar-refractivity contribution >= 4 is 34.0 Å². The van der Waals surface area contributed by atoms with Gasteiger partial charge in [-0.25, -0.2) is 4.57 Å². The minimum atomic E-state index is -1.37. The summed E-state index contributed by atoms with van der Waals surface area (Å²) in [5.41, 5.74) is 8.40. The van der Waals surface area contributed by atoms with Gasteiger partial charge in [0.15, 0.2) is 0 Å². The average molecular weight is 429 g/mol. The van der Waals surface area contributed by atoms with Crippen molar-refractivity contribution in [2.75, 3.05) is 5.73 Å². The molecule has 1 aromatic heterocycles. The topological polar surface area (TPSA) is 111 Å². The van der Waals surface area contributed by atoms with Crippen molar-refractivity contribution in [1.82, 2.24) is 4.90 Å². The number of nitrogens with zero attached hydrogens (tertiary/aromatic N) is 2. The Morgan fingerprint density at radius 1 is 1.25 bits per heavy atom. The largest absolute Gasteiger partial charge is 0.543 e. The number of amides is 1. The van der Waals surface area contributed by atoms with Gasteiger partial charge in [-0.05, 0) is 47.4 Å². The summed E-state index contributed by atoms with van der Waals surface area (Å²) >= 11 is 0. The van der Waals surface area contributed by atoms with E-state index < -0.39 is 18.0 Å². The zero-order valence-corrected chi connectivity index (χ0v) is 17.6.